The zero-order chi connectivity index (χ0) is 12.1. The fourth-order valence-corrected chi connectivity index (χ4v) is 2.20. The second-order valence-electron chi connectivity index (χ2n) is 4.71. The molecule has 0 aliphatic carbocycles. The molecule has 0 atom stereocenters. The van der Waals surface area contributed by atoms with E-state index in [2.05, 4.69) is 12.2 Å². The first-order valence-electron chi connectivity index (χ1n) is 6.26. The summed E-state index contributed by atoms with van der Waals surface area (Å²) in [6.07, 6.45) is 2.32. The number of methoxy groups -OCH3 is 1. The predicted octanol–water partition coefficient (Wildman–Crippen LogP) is 2.46. The summed E-state index contributed by atoms with van der Waals surface area (Å²) in [4.78, 5) is 0. The third-order valence-electron chi connectivity index (χ3n) is 3.71. The Labute approximate surface area is 103 Å². The molecule has 3 nitrogen and oxygen atoms in total. The average Bonchev–Trinajstić information content (AvgIpc) is 2.33. The molecule has 0 radical (unpaired) electrons. The fourth-order valence-electron chi connectivity index (χ4n) is 2.20. The Morgan fingerprint density at radius 1 is 1.24 bits per heavy atom. The molecule has 0 bridgehead atoms. The second-order valence-corrected chi connectivity index (χ2v) is 4.71. The molecule has 17 heavy (non-hydrogen) atoms. The molecular formula is C14H21NO2. The van der Waals surface area contributed by atoms with E-state index in [-0.39, 0.29) is 0 Å². The van der Waals surface area contributed by atoms with Crippen LogP contribution in [-0.2, 0) is 0 Å². The van der Waals surface area contributed by atoms with Crippen LogP contribution in [0.2, 0.25) is 0 Å². The van der Waals surface area contributed by atoms with Crippen LogP contribution in [0.1, 0.15) is 19.8 Å². The predicted molar refractivity (Wildman–Crippen MR) is 68.7 cm³/mol. The van der Waals surface area contributed by atoms with Crippen molar-refractivity contribution in [3.05, 3.63) is 24.3 Å². The first-order valence-corrected chi connectivity index (χ1v) is 6.26. The van der Waals surface area contributed by atoms with E-state index in [0.717, 1.165) is 37.6 Å². The van der Waals surface area contributed by atoms with Gasteiger partial charge in [-0.15, -0.1) is 0 Å². The summed E-state index contributed by atoms with van der Waals surface area (Å²) in [5.41, 5.74) is 0.460. The summed E-state index contributed by atoms with van der Waals surface area (Å²) in [7, 11) is 1.67. The molecule has 1 aliphatic heterocycles. The smallest absolute Gasteiger partial charge is 0.161 e. The van der Waals surface area contributed by atoms with Gasteiger partial charge in [-0.3, -0.25) is 0 Å². The van der Waals surface area contributed by atoms with Crippen LogP contribution >= 0.6 is 0 Å². The largest absolute Gasteiger partial charge is 0.493 e. The van der Waals surface area contributed by atoms with E-state index >= 15 is 0 Å². The lowest BCUT2D eigenvalue weighted by Gasteiger charge is -2.42. The average molecular weight is 235 g/mol. The Morgan fingerprint density at radius 2 is 1.94 bits per heavy atom. The molecule has 0 amide bonds. The van der Waals surface area contributed by atoms with Gasteiger partial charge in [0.05, 0.1) is 13.7 Å². The van der Waals surface area contributed by atoms with Gasteiger partial charge in [-0.05, 0) is 30.4 Å². The van der Waals surface area contributed by atoms with Crippen LogP contribution < -0.4 is 14.8 Å². The molecule has 0 unspecified atom stereocenters. The second kappa shape index (κ2) is 5.41. The molecule has 1 N–H and O–H groups in total. The van der Waals surface area contributed by atoms with Crippen LogP contribution in [0.5, 0.6) is 11.5 Å². The van der Waals surface area contributed by atoms with Crippen molar-refractivity contribution >= 4 is 0 Å². The van der Waals surface area contributed by atoms with Crippen LogP contribution in [0, 0.1) is 5.41 Å². The third kappa shape index (κ3) is 2.72. The highest BCUT2D eigenvalue weighted by Crippen LogP contribution is 2.32. The van der Waals surface area contributed by atoms with Crippen molar-refractivity contribution in [3.63, 3.8) is 0 Å². The van der Waals surface area contributed by atoms with Crippen LogP contribution in [0.15, 0.2) is 24.3 Å². The van der Waals surface area contributed by atoms with Crippen molar-refractivity contribution in [3.8, 4) is 11.5 Å². The molecule has 1 fully saturated rings. The van der Waals surface area contributed by atoms with Crippen LogP contribution in [0.4, 0.5) is 0 Å². The molecule has 0 spiro atoms. The number of hydrogen-bond donors (Lipinski definition) is 1. The van der Waals surface area contributed by atoms with Crippen molar-refractivity contribution < 1.29 is 9.47 Å². The molecule has 2 rings (SSSR count). The lowest BCUT2D eigenvalue weighted by atomic mass is 9.76. The van der Waals surface area contributed by atoms with E-state index in [4.69, 9.17) is 9.47 Å². The maximum Gasteiger partial charge on any atom is 0.161 e. The van der Waals surface area contributed by atoms with Gasteiger partial charge in [-0.2, -0.15) is 0 Å². The SMILES string of the molecule is CCC1(CCOc2ccccc2OC)CNC1. The highest BCUT2D eigenvalue weighted by Gasteiger charge is 2.34. The summed E-state index contributed by atoms with van der Waals surface area (Å²) in [5, 5.41) is 3.34. The van der Waals surface area contributed by atoms with Crippen LogP contribution in [0.25, 0.3) is 0 Å². The normalized spacial score (nSPS) is 17.3. The standard InChI is InChI=1S/C14H21NO2/c1-3-14(10-15-11-14)8-9-17-13-7-5-4-6-12(13)16-2/h4-7,15H,3,8-11H2,1-2H3. The molecule has 1 saturated heterocycles. The number of para-hydroxylation sites is 2. The summed E-state index contributed by atoms with van der Waals surface area (Å²) >= 11 is 0. The molecule has 1 aliphatic rings. The van der Waals surface area contributed by atoms with Crippen molar-refractivity contribution in [1.29, 1.82) is 0 Å². The number of ether oxygens (including phenoxy) is 2. The summed E-state index contributed by atoms with van der Waals surface area (Å²) in [6.45, 7) is 5.26. The Morgan fingerprint density at radius 3 is 2.47 bits per heavy atom. The molecule has 94 valence electrons. The summed E-state index contributed by atoms with van der Waals surface area (Å²) in [5.74, 6) is 1.65. The van der Waals surface area contributed by atoms with E-state index in [1.165, 1.54) is 6.42 Å². The van der Waals surface area contributed by atoms with Crippen molar-refractivity contribution in [2.75, 3.05) is 26.8 Å². The van der Waals surface area contributed by atoms with E-state index < -0.39 is 0 Å². The van der Waals surface area contributed by atoms with Gasteiger partial charge in [0.2, 0.25) is 0 Å². The van der Waals surface area contributed by atoms with Gasteiger partial charge in [0, 0.05) is 13.1 Å². The fraction of sp³-hybridized carbons (Fsp3) is 0.571. The molecule has 0 aromatic heterocycles. The van der Waals surface area contributed by atoms with Crippen molar-refractivity contribution in [2.24, 2.45) is 5.41 Å². The molecule has 1 heterocycles. The molecule has 3 heteroatoms. The maximum atomic E-state index is 5.81. The molecule has 0 saturated carbocycles. The van der Waals surface area contributed by atoms with Gasteiger partial charge in [0.25, 0.3) is 0 Å². The number of rotatable bonds is 6. The lowest BCUT2D eigenvalue weighted by Crippen LogP contribution is -2.53. The zero-order valence-corrected chi connectivity index (χ0v) is 10.7. The zero-order valence-electron chi connectivity index (χ0n) is 10.7. The van der Waals surface area contributed by atoms with Crippen LogP contribution in [0.3, 0.4) is 0 Å². The highest BCUT2D eigenvalue weighted by atomic mass is 16.5. The van der Waals surface area contributed by atoms with Crippen LogP contribution in [-0.4, -0.2) is 26.8 Å². The first-order chi connectivity index (χ1) is 8.29. The molecular weight excluding hydrogens is 214 g/mol. The lowest BCUT2D eigenvalue weighted by molar-refractivity contribution is 0.115. The Hall–Kier alpha value is -1.22. The maximum absolute atomic E-state index is 5.81. The third-order valence-corrected chi connectivity index (χ3v) is 3.71. The Bertz CT molecular complexity index is 355. The minimum absolute atomic E-state index is 0.460. The highest BCUT2D eigenvalue weighted by molar-refractivity contribution is 5.39. The van der Waals surface area contributed by atoms with E-state index in [1.807, 2.05) is 24.3 Å². The summed E-state index contributed by atoms with van der Waals surface area (Å²) < 4.78 is 11.1. The number of nitrogens with one attached hydrogen (secondary N) is 1. The quantitative estimate of drug-likeness (QED) is 0.821. The first kappa shape index (κ1) is 12.2. The van der Waals surface area contributed by atoms with E-state index in [1.54, 1.807) is 7.11 Å². The number of benzene rings is 1. The van der Waals surface area contributed by atoms with Gasteiger partial charge in [-0.25, -0.2) is 0 Å². The van der Waals surface area contributed by atoms with Gasteiger partial charge in [0.1, 0.15) is 0 Å². The van der Waals surface area contributed by atoms with Crippen molar-refractivity contribution in [1.82, 2.24) is 5.32 Å². The number of hydrogen-bond acceptors (Lipinski definition) is 3. The van der Waals surface area contributed by atoms with Crippen molar-refractivity contribution in [2.45, 2.75) is 19.8 Å². The van der Waals surface area contributed by atoms with Gasteiger partial charge >= 0.3 is 0 Å². The topological polar surface area (TPSA) is 30.5 Å². The van der Waals surface area contributed by atoms with E-state index in [9.17, 15) is 0 Å². The monoisotopic (exact) mass is 235 g/mol. The Kier molecular flexibility index (Phi) is 3.89. The summed E-state index contributed by atoms with van der Waals surface area (Å²) in [6, 6.07) is 7.81. The van der Waals surface area contributed by atoms with Gasteiger partial charge in [0.15, 0.2) is 11.5 Å². The Balaban J connectivity index is 1.85. The van der Waals surface area contributed by atoms with E-state index in [0.29, 0.717) is 5.41 Å². The van der Waals surface area contributed by atoms with Gasteiger partial charge < -0.3 is 14.8 Å². The minimum atomic E-state index is 0.460. The minimum Gasteiger partial charge on any atom is -0.493 e. The molecule has 1 aromatic carbocycles. The van der Waals surface area contributed by atoms with Gasteiger partial charge in [-0.1, -0.05) is 19.1 Å². The molecule has 1 aromatic rings.